The molecule has 8 nitrogen and oxygen atoms in total. The molecule has 1 aliphatic rings. The number of carbonyl (C=O) groups is 2. The van der Waals surface area contributed by atoms with Crippen LogP contribution in [-0.2, 0) is 0 Å². The number of amides is 2. The average Bonchev–Trinajstić information content (AvgIpc) is 2.97. The van der Waals surface area contributed by atoms with Crippen LogP contribution in [0.25, 0.3) is 11.1 Å². The van der Waals surface area contributed by atoms with Gasteiger partial charge in [-0.2, -0.15) is 0 Å². The molecule has 1 aliphatic heterocycles. The van der Waals surface area contributed by atoms with Crippen LogP contribution in [0.4, 0.5) is 10.1 Å². The van der Waals surface area contributed by atoms with E-state index in [-0.39, 0.29) is 28.1 Å². The van der Waals surface area contributed by atoms with Crippen molar-refractivity contribution in [3.8, 4) is 17.0 Å². The van der Waals surface area contributed by atoms with Gasteiger partial charge in [0.1, 0.15) is 5.82 Å². The van der Waals surface area contributed by atoms with Crippen LogP contribution in [0.5, 0.6) is 5.88 Å². The van der Waals surface area contributed by atoms with Crippen molar-refractivity contribution in [2.24, 2.45) is 0 Å². The smallest absolute Gasteiger partial charge is 0.256 e. The highest BCUT2D eigenvalue weighted by Crippen LogP contribution is 2.37. The van der Waals surface area contributed by atoms with Crippen molar-refractivity contribution in [2.45, 2.75) is 26.3 Å². The van der Waals surface area contributed by atoms with E-state index in [0.717, 1.165) is 0 Å². The Kier molecular flexibility index (Phi) is 10.4. The number of anilines is 1. The molecule has 2 heterocycles. The number of aromatic nitrogens is 1. The maximum atomic E-state index is 16.4. The summed E-state index contributed by atoms with van der Waals surface area (Å²) in [7, 11) is 1.78. The van der Waals surface area contributed by atoms with Crippen molar-refractivity contribution in [2.75, 3.05) is 51.3 Å². The van der Waals surface area contributed by atoms with E-state index in [1.807, 2.05) is 18.7 Å². The van der Waals surface area contributed by atoms with Gasteiger partial charge in [0.2, 0.25) is 5.88 Å². The number of benzene rings is 2. The number of rotatable bonds is 10. The van der Waals surface area contributed by atoms with Crippen molar-refractivity contribution in [1.82, 2.24) is 20.5 Å². The van der Waals surface area contributed by atoms with Gasteiger partial charge in [-0.1, -0.05) is 30.1 Å². The summed E-state index contributed by atoms with van der Waals surface area (Å²) in [6.07, 6.45) is 2.25. The number of piperazine rings is 1. The van der Waals surface area contributed by atoms with E-state index in [9.17, 15) is 9.59 Å². The molecule has 3 aromatic rings. The zero-order valence-corrected chi connectivity index (χ0v) is 24.9. The lowest BCUT2D eigenvalue weighted by molar-refractivity contribution is 0.0720. The fourth-order valence-corrected chi connectivity index (χ4v) is 5.50. The number of ether oxygens (including phenoxy) is 1. The molecule has 0 spiro atoms. The van der Waals surface area contributed by atoms with Crippen molar-refractivity contribution in [3.05, 3.63) is 75.7 Å². The van der Waals surface area contributed by atoms with Crippen LogP contribution < -0.4 is 20.3 Å². The molecule has 4 rings (SSSR count). The van der Waals surface area contributed by atoms with Crippen LogP contribution in [-0.4, -0.2) is 74.1 Å². The number of carbonyl (C=O) groups excluding carboxylic acids is 2. The Labute approximate surface area is 249 Å². The number of hydrogen-bond donors (Lipinski definition) is 2. The van der Waals surface area contributed by atoms with Gasteiger partial charge in [-0.05, 0) is 62.9 Å². The predicted molar refractivity (Wildman–Crippen MR) is 161 cm³/mol. The molecule has 0 saturated carbocycles. The summed E-state index contributed by atoms with van der Waals surface area (Å²) in [5, 5.41) is 6.55. The zero-order valence-electron chi connectivity index (χ0n) is 23.3. The van der Waals surface area contributed by atoms with Crippen LogP contribution in [0.1, 0.15) is 41.0 Å². The van der Waals surface area contributed by atoms with Crippen molar-refractivity contribution < 1.29 is 18.7 Å². The lowest BCUT2D eigenvalue weighted by Gasteiger charge is -2.43. The lowest BCUT2D eigenvalue weighted by atomic mass is 9.98. The second-order valence-electron chi connectivity index (χ2n) is 9.60. The van der Waals surface area contributed by atoms with Gasteiger partial charge >= 0.3 is 0 Å². The summed E-state index contributed by atoms with van der Waals surface area (Å²) in [4.78, 5) is 34.8. The largest absolute Gasteiger partial charge is 0.478 e. The number of nitrogens with zero attached hydrogens (tertiary/aromatic N) is 3. The minimum Gasteiger partial charge on any atom is -0.478 e. The third-order valence-corrected chi connectivity index (χ3v) is 7.61. The third-order valence-electron chi connectivity index (χ3n) is 7.06. The van der Waals surface area contributed by atoms with E-state index in [4.69, 9.17) is 27.9 Å². The van der Waals surface area contributed by atoms with Gasteiger partial charge in [-0.3, -0.25) is 9.59 Å². The summed E-state index contributed by atoms with van der Waals surface area (Å²) >= 11 is 12.3. The summed E-state index contributed by atoms with van der Waals surface area (Å²) in [6, 6.07) is 11.5. The van der Waals surface area contributed by atoms with Crippen molar-refractivity contribution in [3.63, 3.8) is 0 Å². The maximum Gasteiger partial charge on any atom is 0.256 e. The molecule has 11 heteroatoms. The van der Waals surface area contributed by atoms with E-state index in [1.54, 1.807) is 60.6 Å². The van der Waals surface area contributed by atoms with Crippen LogP contribution in [0.3, 0.4) is 0 Å². The summed E-state index contributed by atoms with van der Waals surface area (Å²) in [5.41, 5.74) is 1.48. The molecule has 1 aromatic heterocycles. The molecular weight excluding hydrogens is 568 g/mol. The number of halogens is 3. The quantitative estimate of drug-likeness (QED) is 0.307. The molecule has 1 atom stereocenters. The average molecular weight is 603 g/mol. The summed E-state index contributed by atoms with van der Waals surface area (Å²) in [6.45, 7) is 6.22. The molecule has 2 aromatic carbocycles. The Morgan fingerprint density at radius 2 is 1.90 bits per heavy atom. The van der Waals surface area contributed by atoms with Gasteiger partial charge in [-0.25, -0.2) is 9.37 Å². The fourth-order valence-electron chi connectivity index (χ4n) is 5.01. The van der Waals surface area contributed by atoms with E-state index in [1.165, 1.54) is 0 Å². The van der Waals surface area contributed by atoms with E-state index in [2.05, 4.69) is 15.6 Å². The van der Waals surface area contributed by atoms with Gasteiger partial charge in [-0.15, -0.1) is 0 Å². The van der Waals surface area contributed by atoms with Gasteiger partial charge < -0.3 is 25.2 Å². The number of pyridine rings is 1. The first kappa shape index (κ1) is 30.6. The molecule has 1 saturated heterocycles. The molecular formula is C30H34Cl2FN5O3. The Balaban J connectivity index is 1.70. The number of likely N-dealkylation sites (N-methyl/N-ethyl adjacent to an activating group) is 1. The van der Waals surface area contributed by atoms with Gasteiger partial charge in [0.25, 0.3) is 11.8 Å². The first-order chi connectivity index (χ1) is 19.8. The minimum atomic E-state index is -0.653. The number of hydrogen-bond acceptors (Lipinski definition) is 6. The van der Waals surface area contributed by atoms with Crippen LogP contribution >= 0.6 is 23.2 Å². The highest BCUT2D eigenvalue weighted by atomic mass is 35.5. The maximum absolute atomic E-state index is 16.4. The second-order valence-corrected chi connectivity index (χ2v) is 10.4. The molecule has 0 bridgehead atoms. The molecule has 0 radical (unpaired) electrons. The molecule has 2 N–H and O–H groups in total. The monoisotopic (exact) mass is 601 g/mol. The second kappa shape index (κ2) is 14.0. The van der Waals surface area contributed by atoms with Gasteiger partial charge in [0.15, 0.2) is 0 Å². The zero-order chi connectivity index (χ0) is 29.5. The van der Waals surface area contributed by atoms with Crippen LogP contribution in [0.15, 0.2) is 48.7 Å². The van der Waals surface area contributed by atoms with Crippen molar-refractivity contribution >= 4 is 40.7 Å². The number of nitrogens with one attached hydrogen (secondary N) is 2. The lowest BCUT2D eigenvalue weighted by Crippen LogP contribution is -2.55. The van der Waals surface area contributed by atoms with Gasteiger partial charge in [0.05, 0.1) is 28.4 Å². The predicted octanol–water partition coefficient (Wildman–Crippen LogP) is 5.28. The Bertz CT molecular complexity index is 1410. The molecule has 0 unspecified atom stereocenters. The Hall–Kier alpha value is -3.40. The van der Waals surface area contributed by atoms with Crippen LogP contribution in [0.2, 0.25) is 10.0 Å². The van der Waals surface area contributed by atoms with Crippen LogP contribution in [0, 0.1) is 5.82 Å². The fraction of sp³-hybridized carbons (Fsp3) is 0.367. The molecule has 0 aliphatic carbocycles. The normalized spacial score (nSPS) is 15.1. The molecule has 2 amide bonds. The van der Waals surface area contributed by atoms with E-state index >= 15 is 4.39 Å². The Morgan fingerprint density at radius 3 is 2.61 bits per heavy atom. The van der Waals surface area contributed by atoms with Crippen molar-refractivity contribution in [1.29, 1.82) is 0 Å². The van der Waals surface area contributed by atoms with Gasteiger partial charge in [0, 0.05) is 61.1 Å². The summed E-state index contributed by atoms with van der Waals surface area (Å²) < 4.78 is 22.1. The first-order valence-corrected chi connectivity index (χ1v) is 14.4. The van der Waals surface area contributed by atoms with E-state index < -0.39 is 11.7 Å². The standard InChI is InChI=1S/C30H34Cl2FN5O3/c1-4-20-18-37(30(40)23-9-8-19(31)17-24(23)32)15-16-38(20)25-11-10-21(22-7-6-12-36-29(22)41-5-2)27(33)26(25)28(39)35-14-13-34-3/h6-12,17,20,34H,4-5,13-16,18H2,1-3H3,(H,35,39)/t20-/m1/s1. The third kappa shape index (κ3) is 6.74. The summed E-state index contributed by atoms with van der Waals surface area (Å²) in [5.74, 6) is -1.07. The highest BCUT2D eigenvalue weighted by Gasteiger charge is 2.33. The molecule has 41 heavy (non-hydrogen) atoms. The first-order valence-electron chi connectivity index (χ1n) is 13.6. The SMILES string of the molecule is CCOc1ncccc1-c1ccc(N2CCN(C(=O)c3ccc(Cl)cc3Cl)C[C@H]2CC)c(C(=O)NCCNC)c1F. The molecule has 218 valence electrons. The molecule has 1 fully saturated rings. The topological polar surface area (TPSA) is 86.8 Å². The van der Waals surface area contributed by atoms with E-state index in [0.29, 0.717) is 73.5 Å². The Morgan fingerprint density at radius 1 is 1.10 bits per heavy atom. The highest BCUT2D eigenvalue weighted by molar-refractivity contribution is 6.36. The minimum absolute atomic E-state index is 0.0520.